The number of likely N-dealkylation sites (tertiary alicyclic amines) is 1. The van der Waals surface area contributed by atoms with E-state index < -0.39 is 0 Å². The van der Waals surface area contributed by atoms with E-state index in [0.29, 0.717) is 24.6 Å². The fraction of sp³-hybridized carbons (Fsp3) is 0.619. The zero-order chi connectivity index (χ0) is 20.9. The number of benzene rings is 1. The van der Waals surface area contributed by atoms with Gasteiger partial charge in [0.25, 0.3) is 0 Å². The Morgan fingerprint density at radius 2 is 1.89 bits per heavy atom. The molecule has 1 aromatic carbocycles. The van der Waals surface area contributed by atoms with Gasteiger partial charge in [0.05, 0.1) is 27.2 Å². The number of hydrogen-bond acceptors (Lipinski definition) is 5. The number of aliphatic imine (C=N–C) groups is 1. The number of rotatable bonds is 6. The molecule has 28 heavy (non-hydrogen) atoms. The summed E-state index contributed by atoms with van der Waals surface area (Å²) in [6, 6.07) is 5.99. The topological polar surface area (TPSA) is 72.4 Å². The van der Waals surface area contributed by atoms with Crippen LogP contribution in [0.5, 0.6) is 11.5 Å². The van der Waals surface area contributed by atoms with Crippen molar-refractivity contribution in [2.45, 2.75) is 26.2 Å². The summed E-state index contributed by atoms with van der Waals surface area (Å²) < 4.78 is 15.7. The molecular formula is C21H33N3O4. The molecule has 0 radical (unpaired) electrons. The molecule has 2 rings (SSSR count). The molecule has 1 fully saturated rings. The van der Waals surface area contributed by atoms with E-state index in [4.69, 9.17) is 14.2 Å². The number of nitrogens with one attached hydrogen (secondary N) is 1. The van der Waals surface area contributed by atoms with Gasteiger partial charge in [0.1, 0.15) is 0 Å². The van der Waals surface area contributed by atoms with Crippen molar-refractivity contribution in [3.8, 4) is 11.5 Å². The minimum atomic E-state index is -0.164. The molecular weight excluding hydrogens is 358 g/mol. The maximum atomic E-state index is 12.0. The zero-order valence-corrected chi connectivity index (χ0v) is 18.0. The largest absolute Gasteiger partial charge is 0.493 e. The van der Waals surface area contributed by atoms with Crippen molar-refractivity contribution in [3.63, 3.8) is 0 Å². The molecule has 1 heterocycles. The first-order valence-electron chi connectivity index (χ1n) is 9.53. The third-order valence-corrected chi connectivity index (χ3v) is 5.48. The van der Waals surface area contributed by atoms with Gasteiger partial charge in [-0.15, -0.1) is 0 Å². The first kappa shape index (κ1) is 21.9. The molecule has 2 atom stereocenters. The van der Waals surface area contributed by atoms with Crippen molar-refractivity contribution in [3.05, 3.63) is 23.8 Å². The molecule has 1 N–H and O–H groups in total. The molecule has 0 aliphatic carbocycles. The van der Waals surface area contributed by atoms with Gasteiger partial charge in [0.2, 0.25) is 0 Å². The Morgan fingerprint density at radius 3 is 2.46 bits per heavy atom. The van der Waals surface area contributed by atoms with Crippen LogP contribution in [0.15, 0.2) is 23.2 Å². The van der Waals surface area contributed by atoms with E-state index in [1.54, 1.807) is 21.3 Å². The summed E-state index contributed by atoms with van der Waals surface area (Å²) in [6.45, 7) is 8.47. The van der Waals surface area contributed by atoms with E-state index in [1.807, 2.05) is 12.1 Å². The summed E-state index contributed by atoms with van der Waals surface area (Å²) in [4.78, 5) is 18.5. The Balaban J connectivity index is 2.07. The van der Waals surface area contributed by atoms with Crippen molar-refractivity contribution < 1.29 is 19.0 Å². The van der Waals surface area contributed by atoms with Gasteiger partial charge < -0.3 is 24.4 Å². The number of guanidine groups is 1. The quantitative estimate of drug-likeness (QED) is 0.456. The number of esters is 1. The average Bonchev–Trinajstić information content (AvgIpc) is 3.08. The maximum Gasteiger partial charge on any atom is 0.310 e. The smallest absolute Gasteiger partial charge is 0.310 e. The van der Waals surface area contributed by atoms with E-state index in [9.17, 15) is 4.79 Å². The summed E-state index contributed by atoms with van der Waals surface area (Å²) in [5.41, 5.74) is 0.970. The lowest BCUT2D eigenvalue weighted by Crippen LogP contribution is -2.45. The fourth-order valence-electron chi connectivity index (χ4n) is 3.59. The van der Waals surface area contributed by atoms with Gasteiger partial charge in [0, 0.05) is 32.1 Å². The zero-order valence-electron chi connectivity index (χ0n) is 18.0. The minimum Gasteiger partial charge on any atom is -0.493 e. The van der Waals surface area contributed by atoms with E-state index >= 15 is 0 Å². The summed E-state index contributed by atoms with van der Waals surface area (Å²) in [6.07, 6.45) is 0. The van der Waals surface area contributed by atoms with Gasteiger partial charge in [-0.25, -0.2) is 0 Å². The first-order chi connectivity index (χ1) is 13.3. The summed E-state index contributed by atoms with van der Waals surface area (Å²) in [7, 11) is 6.48. The molecule has 2 unspecified atom stereocenters. The van der Waals surface area contributed by atoms with Gasteiger partial charge >= 0.3 is 5.97 Å². The van der Waals surface area contributed by atoms with Crippen LogP contribution in [0.4, 0.5) is 0 Å². The molecule has 0 spiro atoms. The minimum absolute atomic E-state index is 0.123. The van der Waals surface area contributed by atoms with Crippen LogP contribution in [-0.2, 0) is 14.9 Å². The van der Waals surface area contributed by atoms with Crippen LogP contribution in [0.1, 0.15) is 26.3 Å². The Labute approximate surface area is 168 Å². The van der Waals surface area contributed by atoms with Gasteiger partial charge in [-0.05, 0) is 23.6 Å². The van der Waals surface area contributed by atoms with Gasteiger partial charge in [-0.3, -0.25) is 9.79 Å². The summed E-state index contributed by atoms with van der Waals surface area (Å²) >= 11 is 0. The second kappa shape index (κ2) is 9.17. The molecule has 1 aromatic rings. The molecule has 1 aliphatic heterocycles. The van der Waals surface area contributed by atoms with Crippen LogP contribution in [0.3, 0.4) is 0 Å². The Bertz CT molecular complexity index is 718. The van der Waals surface area contributed by atoms with Gasteiger partial charge in [-0.2, -0.15) is 0 Å². The van der Waals surface area contributed by atoms with Crippen LogP contribution in [0.25, 0.3) is 0 Å². The summed E-state index contributed by atoms with van der Waals surface area (Å²) in [5, 5.41) is 3.47. The van der Waals surface area contributed by atoms with E-state index in [2.05, 4.69) is 42.0 Å². The third-order valence-electron chi connectivity index (χ3n) is 5.48. The molecule has 0 saturated carbocycles. The number of carbonyl (C=O) groups is 1. The monoisotopic (exact) mass is 391 g/mol. The van der Waals surface area contributed by atoms with E-state index in [0.717, 1.165) is 18.1 Å². The predicted molar refractivity (Wildman–Crippen MR) is 110 cm³/mol. The van der Waals surface area contributed by atoms with Crippen LogP contribution in [0, 0.1) is 11.8 Å². The SMILES string of the molecule is CN=C(NCC(C)(C)c1ccc(OC)c(OC)c1)N1CC(C)C(C(=O)OC)C1. The highest BCUT2D eigenvalue weighted by molar-refractivity contribution is 5.82. The van der Waals surface area contributed by atoms with Crippen LogP contribution < -0.4 is 14.8 Å². The van der Waals surface area contributed by atoms with Crippen LogP contribution in [-0.4, -0.2) is 64.8 Å². The normalized spacial score (nSPS) is 20.1. The van der Waals surface area contributed by atoms with Crippen molar-refractivity contribution >= 4 is 11.9 Å². The molecule has 7 nitrogen and oxygen atoms in total. The fourth-order valence-corrected chi connectivity index (χ4v) is 3.59. The lowest BCUT2D eigenvalue weighted by atomic mass is 9.84. The van der Waals surface area contributed by atoms with Crippen LogP contribution in [0.2, 0.25) is 0 Å². The second-order valence-electron chi connectivity index (χ2n) is 7.87. The predicted octanol–water partition coefficient (Wildman–Crippen LogP) is 2.30. The lowest BCUT2D eigenvalue weighted by molar-refractivity contribution is -0.145. The molecule has 1 saturated heterocycles. The van der Waals surface area contributed by atoms with Crippen LogP contribution >= 0.6 is 0 Å². The van der Waals surface area contributed by atoms with E-state index in [1.165, 1.54) is 7.11 Å². The average molecular weight is 392 g/mol. The molecule has 0 aromatic heterocycles. The molecule has 0 amide bonds. The van der Waals surface area contributed by atoms with Gasteiger partial charge in [-0.1, -0.05) is 26.8 Å². The summed E-state index contributed by atoms with van der Waals surface area (Å²) in [5.74, 6) is 2.17. The van der Waals surface area contributed by atoms with Crippen molar-refractivity contribution in [2.75, 3.05) is 48.0 Å². The number of hydrogen-bond donors (Lipinski definition) is 1. The third kappa shape index (κ3) is 4.69. The van der Waals surface area contributed by atoms with E-state index in [-0.39, 0.29) is 23.2 Å². The highest BCUT2D eigenvalue weighted by atomic mass is 16.5. The van der Waals surface area contributed by atoms with Crippen molar-refractivity contribution in [1.29, 1.82) is 0 Å². The van der Waals surface area contributed by atoms with Crippen molar-refractivity contribution in [2.24, 2.45) is 16.8 Å². The molecule has 0 bridgehead atoms. The van der Waals surface area contributed by atoms with Crippen molar-refractivity contribution in [1.82, 2.24) is 10.2 Å². The molecule has 1 aliphatic rings. The Kier molecular flexibility index (Phi) is 7.16. The number of methoxy groups -OCH3 is 3. The Morgan fingerprint density at radius 1 is 1.21 bits per heavy atom. The second-order valence-corrected chi connectivity index (χ2v) is 7.87. The number of nitrogens with zero attached hydrogens (tertiary/aromatic N) is 2. The lowest BCUT2D eigenvalue weighted by Gasteiger charge is -2.29. The standard InChI is InChI=1S/C21H33N3O4/c1-14-11-24(12-16(14)19(25)28-7)20(22-4)23-13-21(2,3)15-8-9-17(26-5)18(10-15)27-6/h8-10,14,16H,11-13H2,1-7H3,(H,22,23). The highest BCUT2D eigenvalue weighted by Crippen LogP contribution is 2.33. The Hall–Kier alpha value is -2.44. The number of carbonyl (C=O) groups excluding carboxylic acids is 1. The maximum absolute atomic E-state index is 12.0. The van der Waals surface area contributed by atoms with Gasteiger partial charge in [0.15, 0.2) is 17.5 Å². The highest BCUT2D eigenvalue weighted by Gasteiger charge is 2.37. The number of ether oxygens (including phenoxy) is 3. The molecule has 156 valence electrons. The molecule has 7 heteroatoms. The first-order valence-corrected chi connectivity index (χ1v) is 9.53.